The van der Waals surface area contributed by atoms with Gasteiger partial charge in [0, 0.05) is 0 Å². The van der Waals surface area contributed by atoms with Crippen molar-refractivity contribution in [3.63, 3.8) is 0 Å². The Morgan fingerprint density at radius 1 is 0.538 bits per heavy atom. The van der Waals surface area contributed by atoms with E-state index in [0.717, 1.165) is 0 Å². The standard InChI is InChI=1S/C13H21/c1-2-4-6-8-10-12-13-11-9-7-5-3-1/h1-3,8,10H,4-7,9,11-13H2/b2-1+,10-8-. The van der Waals surface area contributed by atoms with Gasteiger partial charge in [0.15, 0.2) is 0 Å². The molecule has 73 valence electrons. The summed E-state index contributed by atoms with van der Waals surface area (Å²) in [5.41, 5.74) is 0. The van der Waals surface area contributed by atoms with Crippen molar-refractivity contribution >= 4 is 0 Å². The quantitative estimate of drug-likeness (QED) is 0.480. The van der Waals surface area contributed by atoms with Gasteiger partial charge in [-0.25, -0.2) is 0 Å². The summed E-state index contributed by atoms with van der Waals surface area (Å²) in [5, 5.41) is 0. The molecule has 0 bridgehead atoms. The SMILES string of the molecule is [CH]1/C=C/CC/C=C\CCCCCC1. The fraction of sp³-hybridized carbons (Fsp3) is 0.615. The second-order valence-electron chi connectivity index (χ2n) is 3.70. The monoisotopic (exact) mass is 177 g/mol. The number of hydrogen-bond acceptors (Lipinski definition) is 0. The lowest BCUT2D eigenvalue weighted by Gasteiger charge is -1.97. The molecule has 0 aliphatic heterocycles. The zero-order valence-corrected chi connectivity index (χ0v) is 8.54. The number of rotatable bonds is 0. The highest BCUT2D eigenvalue weighted by atomic mass is 14.0. The Labute approximate surface area is 82.7 Å². The van der Waals surface area contributed by atoms with Gasteiger partial charge in [0.2, 0.25) is 0 Å². The molecule has 0 unspecified atom stereocenters. The van der Waals surface area contributed by atoms with Crippen LogP contribution in [0.3, 0.4) is 0 Å². The van der Waals surface area contributed by atoms with Crippen molar-refractivity contribution in [1.82, 2.24) is 0 Å². The summed E-state index contributed by atoms with van der Waals surface area (Å²) in [7, 11) is 0. The van der Waals surface area contributed by atoms with Gasteiger partial charge < -0.3 is 0 Å². The molecule has 0 nitrogen and oxygen atoms in total. The average Bonchev–Trinajstić information content (AvgIpc) is 2.18. The lowest BCUT2D eigenvalue weighted by Crippen LogP contribution is -1.78. The third kappa shape index (κ3) is 6.62. The lowest BCUT2D eigenvalue weighted by atomic mass is 10.1. The van der Waals surface area contributed by atoms with Gasteiger partial charge in [-0.1, -0.05) is 43.6 Å². The van der Waals surface area contributed by atoms with Crippen LogP contribution in [-0.4, -0.2) is 0 Å². The summed E-state index contributed by atoms with van der Waals surface area (Å²) in [4.78, 5) is 0. The Bertz CT molecular complexity index is 135. The molecule has 1 radical (unpaired) electrons. The Hall–Kier alpha value is -0.520. The second-order valence-corrected chi connectivity index (χ2v) is 3.70. The predicted octanol–water partition coefficient (Wildman–Crippen LogP) is 4.44. The topological polar surface area (TPSA) is 0 Å². The van der Waals surface area contributed by atoms with Crippen molar-refractivity contribution in [3.8, 4) is 0 Å². The fourth-order valence-electron chi connectivity index (χ4n) is 1.59. The fourth-order valence-corrected chi connectivity index (χ4v) is 1.59. The minimum absolute atomic E-state index is 1.20. The van der Waals surface area contributed by atoms with Crippen LogP contribution in [0.25, 0.3) is 0 Å². The smallest absolute Gasteiger partial charge is 0.0171 e. The van der Waals surface area contributed by atoms with E-state index in [2.05, 4.69) is 30.7 Å². The van der Waals surface area contributed by atoms with Crippen LogP contribution in [0.15, 0.2) is 24.3 Å². The van der Waals surface area contributed by atoms with Crippen LogP contribution in [0, 0.1) is 6.42 Å². The third-order valence-electron chi connectivity index (χ3n) is 2.43. The molecule has 0 heterocycles. The van der Waals surface area contributed by atoms with Crippen molar-refractivity contribution in [1.29, 1.82) is 0 Å². The van der Waals surface area contributed by atoms with Crippen molar-refractivity contribution in [2.45, 2.75) is 51.4 Å². The maximum atomic E-state index is 2.34. The highest BCUT2D eigenvalue weighted by Crippen LogP contribution is 2.09. The van der Waals surface area contributed by atoms with Crippen LogP contribution in [0.4, 0.5) is 0 Å². The van der Waals surface area contributed by atoms with Crippen LogP contribution >= 0.6 is 0 Å². The summed E-state index contributed by atoms with van der Waals surface area (Å²) >= 11 is 0. The Morgan fingerprint density at radius 2 is 1.23 bits per heavy atom. The first-order valence-electron chi connectivity index (χ1n) is 5.63. The first-order valence-corrected chi connectivity index (χ1v) is 5.63. The van der Waals surface area contributed by atoms with Crippen LogP contribution in [0.2, 0.25) is 0 Å². The minimum Gasteiger partial charge on any atom is -0.0885 e. The maximum Gasteiger partial charge on any atom is -0.0171 e. The Balaban J connectivity index is 2.18. The molecule has 1 aliphatic rings. The van der Waals surface area contributed by atoms with Crippen molar-refractivity contribution in [2.75, 3.05) is 0 Å². The summed E-state index contributed by atoms with van der Waals surface area (Å²) in [6.07, 6.45) is 22.0. The molecule has 0 fully saturated rings. The summed E-state index contributed by atoms with van der Waals surface area (Å²) in [6.45, 7) is 0. The second kappa shape index (κ2) is 8.10. The van der Waals surface area contributed by atoms with E-state index in [1.165, 1.54) is 51.4 Å². The van der Waals surface area contributed by atoms with Crippen molar-refractivity contribution in [2.24, 2.45) is 0 Å². The average molecular weight is 177 g/mol. The molecule has 13 heavy (non-hydrogen) atoms. The van der Waals surface area contributed by atoms with E-state index in [1.807, 2.05) is 0 Å². The molecule has 0 atom stereocenters. The zero-order valence-electron chi connectivity index (χ0n) is 8.54. The molecule has 1 aliphatic carbocycles. The van der Waals surface area contributed by atoms with E-state index in [0.29, 0.717) is 0 Å². The first-order chi connectivity index (χ1) is 6.50. The molecule has 0 saturated carbocycles. The molecule has 0 aromatic carbocycles. The van der Waals surface area contributed by atoms with E-state index < -0.39 is 0 Å². The van der Waals surface area contributed by atoms with Gasteiger partial charge >= 0.3 is 0 Å². The molecule has 0 spiro atoms. The third-order valence-corrected chi connectivity index (χ3v) is 2.43. The molecular formula is C13H21. The minimum atomic E-state index is 1.20. The molecule has 0 aromatic rings. The zero-order chi connectivity index (χ0) is 9.19. The van der Waals surface area contributed by atoms with Crippen molar-refractivity contribution in [3.05, 3.63) is 30.7 Å². The van der Waals surface area contributed by atoms with Gasteiger partial charge in [0.1, 0.15) is 0 Å². The molecular weight excluding hydrogens is 156 g/mol. The number of hydrogen-bond donors (Lipinski definition) is 0. The molecule has 0 aromatic heterocycles. The molecule has 0 amide bonds. The van der Waals surface area contributed by atoms with Gasteiger partial charge in [-0.3, -0.25) is 0 Å². The first kappa shape index (κ1) is 10.6. The van der Waals surface area contributed by atoms with Gasteiger partial charge in [-0.2, -0.15) is 0 Å². The number of allylic oxidation sites excluding steroid dienone is 4. The van der Waals surface area contributed by atoms with Crippen LogP contribution in [-0.2, 0) is 0 Å². The Morgan fingerprint density at radius 3 is 2.15 bits per heavy atom. The van der Waals surface area contributed by atoms with Crippen LogP contribution in [0.5, 0.6) is 0 Å². The van der Waals surface area contributed by atoms with Crippen molar-refractivity contribution < 1.29 is 0 Å². The van der Waals surface area contributed by atoms with E-state index >= 15 is 0 Å². The summed E-state index contributed by atoms with van der Waals surface area (Å²) in [5.74, 6) is 0. The highest BCUT2D eigenvalue weighted by molar-refractivity contribution is 4.96. The molecule has 0 N–H and O–H groups in total. The normalized spacial score (nSPS) is 26.5. The lowest BCUT2D eigenvalue weighted by molar-refractivity contribution is 0.646. The van der Waals surface area contributed by atoms with E-state index in [-0.39, 0.29) is 0 Å². The van der Waals surface area contributed by atoms with E-state index in [9.17, 15) is 0 Å². The van der Waals surface area contributed by atoms with Gasteiger partial charge in [-0.05, 0) is 38.5 Å². The van der Waals surface area contributed by atoms with Gasteiger partial charge in [0.05, 0.1) is 0 Å². The highest BCUT2D eigenvalue weighted by Gasteiger charge is 1.89. The molecule has 0 heteroatoms. The summed E-state index contributed by atoms with van der Waals surface area (Å²) < 4.78 is 0. The Kier molecular flexibility index (Phi) is 6.58. The van der Waals surface area contributed by atoms with E-state index in [1.54, 1.807) is 0 Å². The van der Waals surface area contributed by atoms with Crippen LogP contribution in [0.1, 0.15) is 51.4 Å². The van der Waals surface area contributed by atoms with E-state index in [4.69, 9.17) is 0 Å². The van der Waals surface area contributed by atoms with Crippen LogP contribution < -0.4 is 0 Å². The predicted molar refractivity (Wildman–Crippen MR) is 59.5 cm³/mol. The van der Waals surface area contributed by atoms with Gasteiger partial charge in [-0.15, -0.1) is 0 Å². The maximum absolute atomic E-state index is 2.34. The summed E-state index contributed by atoms with van der Waals surface area (Å²) in [6, 6.07) is 0. The van der Waals surface area contributed by atoms with Gasteiger partial charge in [0.25, 0.3) is 0 Å². The molecule has 1 rings (SSSR count). The largest absolute Gasteiger partial charge is 0.0885 e. The molecule has 0 saturated heterocycles.